The molecule has 0 saturated heterocycles. The highest BCUT2D eigenvalue weighted by atomic mass is 127. The Hall–Kier alpha value is 0.360. The molecule has 56 valence electrons. The fourth-order valence-corrected chi connectivity index (χ4v) is 2.95. The number of hydrogen-bond acceptors (Lipinski definition) is 1. The first-order chi connectivity index (χ1) is 4.52. The van der Waals surface area contributed by atoms with Crippen molar-refractivity contribution in [2.75, 3.05) is 0 Å². The van der Waals surface area contributed by atoms with Gasteiger partial charge >= 0.3 is 7.60 Å². The van der Waals surface area contributed by atoms with Crippen molar-refractivity contribution in [1.29, 1.82) is 0 Å². The molecule has 0 bridgehead atoms. The second-order valence-corrected chi connectivity index (χ2v) is 4.95. The van der Waals surface area contributed by atoms with Crippen LogP contribution < -0.4 is 0 Å². The van der Waals surface area contributed by atoms with E-state index in [0.29, 0.717) is 3.58 Å². The third kappa shape index (κ3) is 1.69. The minimum atomic E-state index is -3.93. The molecule has 10 heavy (non-hydrogen) atoms. The summed E-state index contributed by atoms with van der Waals surface area (Å²) >= 11 is 1.93. The Kier molecular flexibility index (Phi) is 2.34. The summed E-state index contributed by atoms with van der Waals surface area (Å²) in [5.41, 5.74) is -0.687. The standard InChI is InChI=1S/C5H6IO3P/c6-4-2-1-3-5(4)10(7,8)9/h1-3,5H,(H2,7,8,9). The molecular formula is C5H6IO3P. The van der Waals surface area contributed by atoms with Crippen LogP contribution in [0.2, 0.25) is 0 Å². The number of rotatable bonds is 1. The van der Waals surface area contributed by atoms with Crippen LogP contribution in [0.1, 0.15) is 0 Å². The van der Waals surface area contributed by atoms with Gasteiger partial charge in [0, 0.05) is 3.58 Å². The summed E-state index contributed by atoms with van der Waals surface area (Å²) in [7, 11) is -3.93. The van der Waals surface area contributed by atoms with Crippen molar-refractivity contribution in [3.8, 4) is 0 Å². The van der Waals surface area contributed by atoms with E-state index in [1.54, 1.807) is 12.2 Å². The number of allylic oxidation sites excluding steroid dienone is 4. The van der Waals surface area contributed by atoms with Crippen LogP contribution in [0.15, 0.2) is 21.8 Å². The summed E-state index contributed by atoms with van der Waals surface area (Å²) in [6, 6.07) is 0. The number of hydrogen-bond donors (Lipinski definition) is 2. The van der Waals surface area contributed by atoms with E-state index in [2.05, 4.69) is 0 Å². The molecule has 1 aliphatic rings. The quantitative estimate of drug-likeness (QED) is 0.560. The van der Waals surface area contributed by atoms with Crippen LogP contribution in [0, 0.1) is 0 Å². The average molecular weight is 272 g/mol. The van der Waals surface area contributed by atoms with E-state index in [9.17, 15) is 4.57 Å². The Morgan fingerprint density at radius 2 is 2.20 bits per heavy atom. The molecule has 0 aromatic carbocycles. The second kappa shape index (κ2) is 2.77. The van der Waals surface area contributed by atoms with Crippen molar-refractivity contribution in [1.82, 2.24) is 0 Å². The van der Waals surface area contributed by atoms with Crippen LogP contribution in [0.5, 0.6) is 0 Å². The van der Waals surface area contributed by atoms with E-state index in [-0.39, 0.29) is 0 Å². The molecule has 0 aromatic rings. The van der Waals surface area contributed by atoms with E-state index in [1.165, 1.54) is 6.08 Å². The maximum Gasteiger partial charge on any atom is 0.337 e. The molecule has 1 aliphatic carbocycles. The zero-order valence-corrected chi connectivity index (χ0v) is 7.99. The lowest BCUT2D eigenvalue weighted by Crippen LogP contribution is -2.00. The van der Waals surface area contributed by atoms with E-state index in [0.717, 1.165) is 0 Å². The first kappa shape index (κ1) is 8.46. The number of halogens is 1. The van der Waals surface area contributed by atoms with Gasteiger partial charge in [-0.2, -0.15) is 0 Å². The van der Waals surface area contributed by atoms with Crippen molar-refractivity contribution >= 4 is 30.2 Å². The zero-order valence-electron chi connectivity index (χ0n) is 4.94. The molecule has 0 fully saturated rings. The lowest BCUT2D eigenvalue weighted by atomic mass is 10.5. The Morgan fingerprint density at radius 3 is 2.40 bits per heavy atom. The fourth-order valence-electron chi connectivity index (χ4n) is 0.716. The maximum absolute atomic E-state index is 10.6. The monoisotopic (exact) mass is 272 g/mol. The van der Waals surface area contributed by atoms with Crippen LogP contribution >= 0.6 is 30.2 Å². The predicted octanol–water partition coefficient (Wildman–Crippen LogP) is 1.42. The first-order valence-corrected chi connectivity index (χ1v) is 5.37. The third-order valence-corrected chi connectivity index (χ3v) is 3.89. The topological polar surface area (TPSA) is 57.5 Å². The minimum absolute atomic E-state index is 0.687. The molecule has 3 nitrogen and oxygen atoms in total. The van der Waals surface area contributed by atoms with Gasteiger partial charge in [0.15, 0.2) is 0 Å². The minimum Gasteiger partial charge on any atom is -0.324 e. The van der Waals surface area contributed by atoms with Crippen LogP contribution in [0.3, 0.4) is 0 Å². The molecule has 2 N–H and O–H groups in total. The summed E-state index contributed by atoms with van der Waals surface area (Å²) in [5.74, 6) is 0. The van der Waals surface area contributed by atoms with E-state index in [1.807, 2.05) is 22.6 Å². The molecule has 0 aliphatic heterocycles. The van der Waals surface area contributed by atoms with Gasteiger partial charge in [-0.1, -0.05) is 18.2 Å². The van der Waals surface area contributed by atoms with Gasteiger partial charge < -0.3 is 9.79 Å². The molecule has 0 spiro atoms. The molecule has 0 saturated carbocycles. The molecule has 1 rings (SSSR count). The van der Waals surface area contributed by atoms with Crippen LogP contribution in [-0.2, 0) is 4.57 Å². The summed E-state index contributed by atoms with van der Waals surface area (Å²) < 4.78 is 11.3. The SMILES string of the molecule is O=P(O)(O)C1C=CC=C1I. The van der Waals surface area contributed by atoms with Crippen molar-refractivity contribution in [3.05, 3.63) is 21.8 Å². The van der Waals surface area contributed by atoms with Gasteiger partial charge in [-0.05, 0) is 22.6 Å². The molecule has 0 radical (unpaired) electrons. The van der Waals surface area contributed by atoms with E-state index >= 15 is 0 Å². The van der Waals surface area contributed by atoms with Crippen LogP contribution in [0.25, 0.3) is 0 Å². The Labute approximate surface area is 72.1 Å². The summed E-state index contributed by atoms with van der Waals surface area (Å²) in [6.07, 6.45) is 4.87. The van der Waals surface area contributed by atoms with Gasteiger partial charge in [-0.3, -0.25) is 4.57 Å². The van der Waals surface area contributed by atoms with Crippen molar-refractivity contribution in [2.24, 2.45) is 0 Å². The predicted molar refractivity (Wildman–Crippen MR) is 47.1 cm³/mol. The molecule has 0 aromatic heterocycles. The lowest BCUT2D eigenvalue weighted by molar-refractivity contribution is 0.370. The third-order valence-electron chi connectivity index (χ3n) is 1.19. The molecular weight excluding hydrogens is 266 g/mol. The highest BCUT2D eigenvalue weighted by Gasteiger charge is 2.30. The van der Waals surface area contributed by atoms with Gasteiger partial charge in [0.05, 0.1) is 0 Å². The summed E-state index contributed by atoms with van der Waals surface area (Å²) in [6.45, 7) is 0. The molecule has 5 heteroatoms. The largest absolute Gasteiger partial charge is 0.337 e. The Morgan fingerprint density at radius 1 is 1.60 bits per heavy atom. The van der Waals surface area contributed by atoms with Gasteiger partial charge in [-0.25, -0.2) is 0 Å². The van der Waals surface area contributed by atoms with Crippen LogP contribution in [-0.4, -0.2) is 15.4 Å². The van der Waals surface area contributed by atoms with Crippen molar-refractivity contribution in [3.63, 3.8) is 0 Å². The highest BCUT2D eigenvalue weighted by Crippen LogP contribution is 2.48. The zero-order chi connectivity index (χ0) is 7.78. The summed E-state index contributed by atoms with van der Waals surface area (Å²) in [4.78, 5) is 17.4. The van der Waals surface area contributed by atoms with Crippen LogP contribution in [0.4, 0.5) is 0 Å². The molecule has 0 amide bonds. The Balaban J connectivity index is 2.87. The van der Waals surface area contributed by atoms with E-state index < -0.39 is 13.3 Å². The summed E-state index contributed by atoms with van der Waals surface area (Å²) in [5, 5.41) is 0. The van der Waals surface area contributed by atoms with Crippen molar-refractivity contribution < 1.29 is 14.4 Å². The average Bonchev–Trinajstić information content (AvgIpc) is 2.11. The second-order valence-electron chi connectivity index (χ2n) is 1.97. The van der Waals surface area contributed by atoms with Gasteiger partial charge in [0.2, 0.25) is 0 Å². The normalized spacial score (nSPS) is 25.1. The maximum atomic E-state index is 10.6. The lowest BCUT2D eigenvalue weighted by Gasteiger charge is -2.09. The molecule has 1 atom stereocenters. The molecule has 1 unspecified atom stereocenters. The molecule has 0 heterocycles. The Bertz CT molecular complexity index is 239. The first-order valence-electron chi connectivity index (χ1n) is 2.61. The highest BCUT2D eigenvalue weighted by molar-refractivity contribution is 14.1. The fraction of sp³-hybridized carbons (Fsp3) is 0.200. The van der Waals surface area contributed by atoms with Gasteiger partial charge in [0.25, 0.3) is 0 Å². The van der Waals surface area contributed by atoms with E-state index in [4.69, 9.17) is 9.79 Å². The van der Waals surface area contributed by atoms with Gasteiger partial charge in [0.1, 0.15) is 5.66 Å². The van der Waals surface area contributed by atoms with Crippen molar-refractivity contribution in [2.45, 2.75) is 5.66 Å². The van der Waals surface area contributed by atoms with Gasteiger partial charge in [-0.15, -0.1) is 0 Å². The smallest absolute Gasteiger partial charge is 0.324 e.